The van der Waals surface area contributed by atoms with Crippen LogP contribution >= 0.6 is 0 Å². The van der Waals surface area contributed by atoms with E-state index in [1.807, 2.05) is 0 Å². The van der Waals surface area contributed by atoms with Gasteiger partial charge < -0.3 is 0 Å². The van der Waals surface area contributed by atoms with Crippen LogP contribution in [-0.2, 0) is 0 Å². The van der Waals surface area contributed by atoms with Crippen molar-refractivity contribution in [3.05, 3.63) is 0 Å². The van der Waals surface area contributed by atoms with E-state index >= 15 is 0 Å². The molecule has 54 valence electrons. The van der Waals surface area contributed by atoms with E-state index in [2.05, 4.69) is 42.7 Å². The van der Waals surface area contributed by atoms with Gasteiger partial charge in [-0.2, -0.15) is 11.1 Å². The molecule has 1 heterocycles. The zero-order valence-corrected chi connectivity index (χ0v) is 6.08. The van der Waals surface area contributed by atoms with Gasteiger partial charge in [-0.15, -0.1) is 0 Å². The highest BCUT2D eigenvalue weighted by Crippen LogP contribution is 2.16. The van der Waals surface area contributed by atoms with Crippen LogP contribution in [0.15, 0.2) is 0 Å². The molecule has 0 unspecified atom stereocenters. The highest BCUT2D eigenvalue weighted by molar-refractivity contribution is 4.76. The van der Waals surface area contributed by atoms with Crippen molar-refractivity contribution < 1.29 is 0 Å². The number of hydrazine groups is 3. The maximum absolute atomic E-state index is 3.02. The molecule has 9 heavy (non-hydrogen) atoms. The van der Waals surface area contributed by atoms with Crippen LogP contribution in [0.1, 0.15) is 20.8 Å². The summed E-state index contributed by atoms with van der Waals surface area (Å²) in [5, 5.41) is 0. The van der Waals surface area contributed by atoms with Crippen LogP contribution in [0.5, 0.6) is 0 Å². The molecule has 1 fully saturated rings. The number of hydrogen-bond acceptors (Lipinski definition) is 4. The van der Waals surface area contributed by atoms with E-state index in [1.54, 1.807) is 0 Å². The van der Waals surface area contributed by atoms with Gasteiger partial charge in [0.15, 0.2) is 0 Å². The molecule has 1 aliphatic rings. The first-order valence-electron chi connectivity index (χ1n) is 3.12. The Labute approximate surface area is 55.3 Å². The van der Waals surface area contributed by atoms with Gasteiger partial charge >= 0.3 is 0 Å². The lowest BCUT2D eigenvalue weighted by Gasteiger charge is -2.24. The molecule has 0 amide bonds. The summed E-state index contributed by atoms with van der Waals surface area (Å²) in [6.07, 6.45) is 0.289. The van der Waals surface area contributed by atoms with Crippen molar-refractivity contribution >= 4 is 0 Å². The van der Waals surface area contributed by atoms with Crippen LogP contribution < -0.4 is 21.9 Å². The second-order valence-corrected chi connectivity index (χ2v) is 3.34. The fraction of sp³-hybridized carbons (Fsp3) is 1.00. The minimum absolute atomic E-state index is 0.233. The molecule has 1 rings (SSSR count). The van der Waals surface area contributed by atoms with E-state index in [4.69, 9.17) is 0 Å². The van der Waals surface area contributed by atoms with Crippen molar-refractivity contribution in [2.24, 2.45) is 5.41 Å². The van der Waals surface area contributed by atoms with Crippen LogP contribution in [0, 0.1) is 5.41 Å². The lowest BCUT2D eigenvalue weighted by atomic mass is 9.93. The van der Waals surface area contributed by atoms with Gasteiger partial charge in [-0.1, -0.05) is 20.8 Å². The number of rotatable bonds is 0. The summed E-state index contributed by atoms with van der Waals surface area (Å²) < 4.78 is 0. The molecule has 1 saturated heterocycles. The SMILES string of the molecule is CC(C)(C)C1NNNN1. The molecule has 1 aliphatic heterocycles. The van der Waals surface area contributed by atoms with Crippen LogP contribution in [-0.4, -0.2) is 6.17 Å². The normalized spacial score (nSPS) is 23.0. The van der Waals surface area contributed by atoms with Crippen molar-refractivity contribution in [1.82, 2.24) is 21.9 Å². The van der Waals surface area contributed by atoms with Gasteiger partial charge in [-0.05, 0) is 5.41 Å². The first-order chi connectivity index (χ1) is 4.11. The molecule has 0 aromatic rings. The highest BCUT2D eigenvalue weighted by Gasteiger charge is 2.26. The van der Waals surface area contributed by atoms with Gasteiger partial charge in [0.25, 0.3) is 0 Å². The second kappa shape index (κ2) is 2.22. The Morgan fingerprint density at radius 1 is 1.00 bits per heavy atom. The monoisotopic (exact) mass is 130 g/mol. The summed E-state index contributed by atoms with van der Waals surface area (Å²) in [6, 6.07) is 0. The van der Waals surface area contributed by atoms with Gasteiger partial charge in [-0.25, -0.2) is 10.9 Å². The maximum atomic E-state index is 3.02. The Hall–Kier alpha value is -0.160. The van der Waals surface area contributed by atoms with E-state index in [0.717, 1.165) is 0 Å². The molecule has 4 heteroatoms. The first kappa shape index (κ1) is 6.95. The molecular weight excluding hydrogens is 116 g/mol. The summed E-state index contributed by atoms with van der Waals surface area (Å²) >= 11 is 0. The third-order valence-electron chi connectivity index (χ3n) is 1.36. The van der Waals surface area contributed by atoms with E-state index < -0.39 is 0 Å². The number of nitrogens with one attached hydrogen (secondary N) is 4. The van der Waals surface area contributed by atoms with E-state index in [-0.39, 0.29) is 11.6 Å². The third-order valence-corrected chi connectivity index (χ3v) is 1.36. The Balaban J connectivity index is 2.42. The van der Waals surface area contributed by atoms with Crippen molar-refractivity contribution in [2.45, 2.75) is 26.9 Å². The molecule has 0 spiro atoms. The summed E-state index contributed by atoms with van der Waals surface area (Å²) in [5.41, 5.74) is 11.8. The van der Waals surface area contributed by atoms with Gasteiger partial charge in [0.2, 0.25) is 0 Å². The fourth-order valence-corrected chi connectivity index (χ4v) is 0.686. The Kier molecular flexibility index (Phi) is 1.72. The molecule has 4 nitrogen and oxygen atoms in total. The predicted molar refractivity (Wildman–Crippen MR) is 35.8 cm³/mol. The first-order valence-corrected chi connectivity index (χ1v) is 3.12. The number of hydrogen-bond donors (Lipinski definition) is 4. The average Bonchev–Trinajstić information content (AvgIpc) is 2.08. The molecule has 0 aliphatic carbocycles. The van der Waals surface area contributed by atoms with Crippen molar-refractivity contribution in [1.29, 1.82) is 0 Å². The lowest BCUT2D eigenvalue weighted by molar-refractivity contribution is 0.261. The van der Waals surface area contributed by atoms with E-state index in [1.165, 1.54) is 0 Å². The summed E-state index contributed by atoms with van der Waals surface area (Å²) in [7, 11) is 0. The van der Waals surface area contributed by atoms with Gasteiger partial charge in [-0.3, -0.25) is 0 Å². The van der Waals surface area contributed by atoms with Crippen LogP contribution in [0.3, 0.4) is 0 Å². The molecule has 0 bridgehead atoms. The van der Waals surface area contributed by atoms with Crippen molar-refractivity contribution in [2.75, 3.05) is 0 Å². The van der Waals surface area contributed by atoms with Crippen LogP contribution in [0.4, 0.5) is 0 Å². The Bertz CT molecular complexity index is 89.6. The highest BCUT2D eigenvalue weighted by atomic mass is 15.8. The molecule has 0 aromatic carbocycles. The quantitative estimate of drug-likeness (QED) is 0.356. The maximum Gasteiger partial charge on any atom is 0.0907 e. The van der Waals surface area contributed by atoms with Gasteiger partial charge in [0.05, 0.1) is 6.17 Å². The van der Waals surface area contributed by atoms with Gasteiger partial charge in [0, 0.05) is 0 Å². The second-order valence-electron chi connectivity index (χ2n) is 3.34. The van der Waals surface area contributed by atoms with Crippen molar-refractivity contribution in [3.63, 3.8) is 0 Å². The molecule has 0 atom stereocenters. The summed E-state index contributed by atoms with van der Waals surface area (Å²) in [5.74, 6) is 0. The Morgan fingerprint density at radius 3 is 1.67 bits per heavy atom. The average molecular weight is 130 g/mol. The molecule has 0 saturated carbocycles. The standard InChI is InChI=1S/C5H14N4/c1-5(2,3)4-6-8-9-7-4/h4,6-9H,1-3H3. The van der Waals surface area contributed by atoms with Crippen LogP contribution in [0.25, 0.3) is 0 Å². The van der Waals surface area contributed by atoms with Crippen LogP contribution in [0.2, 0.25) is 0 Å². The lowest BCUT2D eigenvalue weighted by Crippen LogP contribution is -2.44. The van der Waals surface area contributed by atoms with E-state index in [0.29, 0.717) is 0 Å². The minimum Gasteiger partial charge on any atom is -0.224 e. The fourth-order valence-electron chi connectivity index (χ4n) is 0.686. The smallest absolute Gasteiger partial charge is 0.0907 e. The molecule has 4 N–H and O–H groups in total. The zero-order chi connectivity index (χ0) is 6.91. The van der Waals surface area contributed by atoms with Gasteiger partial charge in [0.1, 0.15) is 0 Å². The zero-order valence-electron chi connectivity index (χ0n) is 6.08. The molecular formula is C5H14N4. The van der Waals surface area contributed by atoms with E-state index in [9.17, 15) is 0 Å². The summed E-state index contributed by atoms with van der Waals surface area (Å²) in [4.78, 5) is 0. The topological polar surface area (TPSA) is 48.1 Å². The molecule has 0 radical (unpaired) electrons. The minimum atomic E-state index is 0.233. The summed E-state index contributed by atoms with van der Waals surface area (Å²) in [6.45, 7) is 6.48. The Morgan fingerprint density at radius 2 is 1.44 bits per heavy atom. The largest absolute Gasteiger partial charge is 0.224 e. The molecule has 0 aromatic heterocycles. The van der Waals surface area contributed by atoms with Crippen molar-refractivity contribution in [3.8, 4) is 0 Å². The predicted octanol–water partition coefficient (Wildman–Crippen LogP) is -0.524. The third kappa shape index (κ3) is 1.62.